The Bertz CT molecular complexity index is 452. The van der Waals surface area contributed by atoms with E-state index in [-0.39, 0.29) is 12.0 Å². The molecule has 1 amide bonds. The Hall–Kier alpha value is -0.810. The van der Waals surface area contributed by atoms with Crippen LogP contribution in [0.2, 0.25) is 0 Å². The molecule has 3 fully saturated rings. The molecule has 2 saturated carbocycles. The van der Waals surface area contributed by atoms with Crippen LogP contribution in [0.4, 0.5) is 4.79 Å². The summed E-state index contributed by atoms with van der Waals surface area (Å²) in [6.45, 7) is 5.45. The summed E-state index contributed by atoms with van der Waals surface area (Å²) in [5, 5.41) is 20.8. The minimum absolute atomic E-state index is 0.242. The summed E-state index contributed by atoms with van der Waals surface area (Å²) in [6.07, 6.45) is 7.56. The van der Waals surface area contributed by atoms with Crippen LogP contribution in [0.25, 0.3) is 0 Å². The van der Waals surface area contributed by atoms with Gasteiger partial charge in [0, 0.05) is 0 Å². The molecular weight excluding hydrogens is 294 g/mol. The van der Waals surface area contributed by atoms with Gasteiger partial charge in [-0.2, -0.15) is 0 Å². The first-order valence-electron chi connectivity index (χ1n) is 9.16. The zero-order valence-electron chi connectivity index (χ0n) is 14.6. The fraction of sp³-hybridized carbons (Fsp3) is 0.944. The van der Waals surface area contributed by atoms with Crippen molar-refractivity contribution in [1.29, 1.82) is 0 Å². The van der Waals surface area contributed by atoms with Crippen LogP contribution in [0.3, 0.4) is 0 Å². The summed E-state index contributed by atoms with van der Waals surface area (Å²) in [5.74, 6) is 0.788. The van der Waals surface area contributed by atoms with E-state index < -0.39 is 23.5 Å². The van der Waals surface area contributed by atoms with Crippen LogP contribution in [0.1, 0.15) is 72.1 Å². The van der Waals surface area contributed by atoms with E-state index in [0.29, 0.717) is 5.92 Å². The molecule has 3 atom stereocenters. The van der Waals surface area contributed by atoms with Crippen LogP contribution >= 0.6 is 0 Å². The molecule has 3 rings (SSSR count). The van der Waals surface area contributed by atoms with Gasteiger partial charge in [0.15, 0.2) is 0 Å². The van der Waals surface area contributed by atoms with E-state index in [0.717, 1.165) is 19.3 Å². The second-order valence-corrected chi connectivity index (χ2v) is 8.44. The number of carbonyl (C=O) groups is 1. The van der Waals surface area contributed by atoms with Crippen molar-refractivity contribution < 1.29 is 19.7 Å². The van der Waals surface area contributed by atoms with Crippen LogP contribution in [0.15, 0.2) is 0 Å². The Morgan fingerprint density at radius 2 is 1.83 bits per heavy atom. The molecule has 2 aliphatic carbocycles. The van der Waals surface area contributed by atoms with E-state index in [1.54, 1.807) is 13.8 Å². The van der Waals surface area contributed by atoms with Gasteiger partial charge in [0.25, 0.3) is 0 Å². The van der Waals surface area contributed by atoms with Crippen molar-refractivity contribution >= 4 is 6.09 Å². The molecule has 5 nitrogen and oxygen atoms in total. The van der Waals surface area contributed by atoms with Crippen molar-refractivity contribution in [2.75, 3.05) is 0 Å². The molecule has 0 aromatic heterocycles. The largest absolute Gasteiger partial charge is 0.465 e. The highest BCUT2D eigenvalue weighted by atomic mass is 16.6. The van der Waals surface area contributed by atoms with Gasteiger partial charge in [-0.25, -0.2) is 4.79 Å². The molecule has 23 heavy (non-hydrogen) atoms. The summed E-state index contributed by atoms with van der Waals surface area (Å²) in [7, 11) is 0. The minimum Gasteiger partial charge on any atom is -0.465 e. The Morgan fingerprint density at radius 3 is 2.35 bits per heavy atom. The highest BCUT2D eigenvalue weighted by molar-refractivity contribution is 5.67. The average molecular weight is 325 g/mol. The smallest absolute Gasteiger partial charge is 0.409 e. The fourth-order valence-electron chi connectivity index (χ4n) is 4.76. The van der Waals surface area contributed by atoms with E-state index in [2.05, 4.69) is 0 Å². The van der Waals surface area contributed by atoms with Gasteiger partial charge in [-0.05, 0) is 51.9 Å². The lowest BCUT2D eigenvalue weighted by molar-refractivity contribution is -0.140. The number of aliphatic hydroxyl groups is 1. The van der Waals surface area contributed by atoms with Crippen molar-refractivity contribution in [3.8, 4) is 0 Å². The first-order valence-corrected chi connectivity index (χ1v) is 9.16. The maximum Gasteiger partial charge on any atom is 0.409 e. The highest BCUT2D eigenvalue weighted by Crippen LogP contribution is 2.49. The van der Waals surface area contributed by atoms with Gasteiger partial charge < -0.3 is 14.9 Å². The Balaban J connectivity index is 1.85. The summed E-state index contributed by atoms with van der Waals surface area (Å²) in [6, 6.07) is -0.249. The Morgan fingerprint density at radius 1 is 1.22 bits per heavy atom. The van der Waals surface area contributed by atoms with Crippen molar-refractivity contribution in [2.45, 2.75) is 95.6 Å². The first kappa shape index (κ1) is 17.0. The third-order valence-electron chi connectivity index (χ3n) is 6.16. The molecule has 132 valence electrons. The number of carboxylic acid groups (broad SMARTS) is 1. The summed E-state index contributed by atoms with van der Waals surface area (Å²) in [5.41, 5.74) is -1.82. The van der Waals surface area contributed by atoms with E-state index in [4.69, 9.17) is 4.74 Å². The van der Waals surface area contributed by atoms with E-state index in [1.807, 2.05) is 6.92 Å². The summed E-state index contributed by atoms with van der Waals surface area (Å²) >= 11 is 0. The van der Waals surface area contributed by atoms with Gasteiger partial charge in [0.2, 0.25) is 0 Å². The van der Waals surface area contributed by atoms with Crippen LogP contribution in [-0.4, -0.2) is 44.7 Å². The van der Waals surface area contributed by atoms with E-state index in [9.17, 15) is 15.0 Å². The van der Waals surface area contributed by atoms with Crippen molar-refractivity contribution in [3.05, 3.63) is 0 Å². The van der Waals surface area contributed by atoms with Gasteiger partial charge in [-0.1, -0.05) is 32.1 Å². The third-order valence-corrected chi connectivity index (χ3v) is 6.16. The second-order valence-electron chi connectivity index (χ2n) is 8.44. The number of rotatable bonds is 4. The topological polar surface area (TPSA) is 70.0 Å². The maximum absolute atomic E-state index is 11.9. The predicted octanol–water partition coefficient (Wildman–Crippen LogP) is 3.60. The fourth-order valence-corrected chi connectivity index (χ4v) is 4.76. The molecule has 2 N–H and O–H groups in total. The molecule has 0 aromatic carbocycles. The number of nitrogens with zero attached hydrogens (tertiary/aromatic N) is 1. The molecule has 1 saturated heterocycles. The van der Waals surface area contributed by atoms with Gasteiger partial charge in [-0.3, -0.25) is 4.90 Å². The van der Waals surface area contributed by atoms with Gasteiger partial charge >= 0.3 is 6.09 Å². The predicted molar refractivity (Wildman–Crippen MR) is 87.1 cm³/mol. The number of hydrogen-bond acceptors (Lipinski definition) is 3. The lowest BCUT2D eigenvalue weighted by Crippen LogP contribution is -2.52. The van der Waals surface area contributed by atoms with Crippen molar-refractivity contribution in [2.24, 2.45) is 11.8 Å². The molecule has 0 spiro atoms. The molecule has 3 aliphatic rings. The van der Waals surface area contributed by atoms with Crippen LogP contribution < -0.4 is 0 Å². The van der Waals surface area contributed by atoms with E-state index in [1.165, 1.54) is 37.0 Å². The average Bonchev–Trinajstić information content (AvgIpc) is 3.26. The SMILES string of the molecule is CC1(C)O[C@@H]([C@](C)(O)C2CC2)[C@H](CC2CCCCC2)N1C(=O)O. The molecule has 1 aliphatic heterocycles. The molecule has 0 unspecified atom stereocenters. The molecule has 0 aromatic rings. The quantitative estimate of drug-likeness (QED) is 0.828. The van der Waals surface area contributed by atoms with Gasteiger partial charge in [0.1, 0.15) is 11.8 Å². The van der Waals surface area contributed by atoms with Crippen LogP contribution in [0, 0.1) is 11.8 Å². The van der Waals surface area contributed by atoms with Gasteiger partial charge in [-0.15, -0.1) is 0 Å². The lowest BCUT2D eigenvalue weighted by atomic mass is 9.79. The molecule has 0 radical (unpaired) electrons. The standard InChI is InChI=1S/C18H31NO4/c1-17(2)19(16(20)21)14(11-12-7-5-4-6-8-12)15(23-17)18(3,22)13-9-10-13/h12-15,22H,4-11H2,1-3H3,(H,20,21)/t14-,15+,18+/m0/s1. The minimum atomic E-state index is -0.944. The van der Waals surface area contributed by atoms with Crippen LogP contribution in [0.5, 0.6) is 0 Å². The number of hydrogen-bond donors (Lipinski definition) is 2. The summed E-state index contributed by atoms with van der Waals surface area (Å²) < 4.78 is 6.14. The summed E-state index contributed by atoms with van der Waals surface area (Å²) in [4.78, 5) is 13.4. The zero-order valence-corrected chi connectivity index (χ0v) is 14.6. The van der Waals surface area contributed by atoms with Crippen molar-refractivity contribution in [1.82, 2.24) is 4.90 Å². The molecule has 0 bridgehead atoms. The van der Waals surface area contributed by atoms with Crippen molar-refractivity contribution in [3.63, 3.8) is 0 Å². The highest BCUT2D eigenvalue weighted by Gasteiger charge is 2.59. The Kier molecular flexibility index (Phi) is 4.38. The van der Waals surface area contributed by atoms with Crippen LogP contribution in [-0.2, 0) is 4.74 Å². The Labute approximate surface area is 139 Å². The van der Waals surface area contributed by atoms with E-state index >= 15 is 0 Å². The molecular formula is C18H31NO4. The second kappa shape index (κ2) is 5.92. The first-order chi connectivity index (χ1) is 10.7. The maximum atomic E-state index is 11.9. The lowest BCUT2D eigenvalue weighted by Gasteiger charge is -2.36. The third kappa shape index (κ3) is 3.22. The monoisotopic (exact) mass is 325 g/mol. The molecule has 1 heterocycles. The zero-order chi connectivity index (χ0) is 16.8. The van der Waals surface area contributed by atoms with Gasteiger partial charge in [0.05, 0.1) is 11.6 Å². The normalized spacial score (nSPS) is 34.3. The number of ether oxygens (including phenoxy) is 1. The molecule has 5 heteroatoms. The number of amides is 1.